The Bertz CT molecular complexity index is 1910. The molecule has 0 radical (unpaired) electrons. The summed E-state index contributed by atoms with van der Waals surface area (Å²) in [5.74, 6) is 9.18. The quantitative estimate of drug-likeness (QED) is 0.222. The van der Waals surface area contributed by atoms with Crippen molar-refractivity contribution in [2.75, 3.05) is 13.1 Å². The van der Waals surface area contributed by atoms with Crippen LogP contribution in [0.1, 0.15) is 191 Å². The SMILES string of the molecule is CC(=O)O[C@@H]1CC[C@@]2(C)C(CC[C@@H]3C2CC[C@@]2(C)C3CC3O[C@@]4(CC[C@H](C)CN4C=O)[C@@H](C)C32)C1.C[C@H]1CC[C@@]2(OC3CC4[C@@H]5CCC6C[C@@H](O)CC[C@]6(C)C5CC[C@]4(C)C3[C@@H]2C)N(C=O)C1. The third-order valence-corrected chi connectivity index (χ3v) is 25.2. The molecule has 0 aromatic carbocycles. The maximum absolute atomic E-state index is 12.2. The number of aliphatic hydroxyl groups excluding tert-OH is 1. The minimum absolute atomic E-state index is 0.0614. The minimum Gasteiger partial charge on any atom is -0.463 e. The van der Waals surface area contributed by atoms with Crippen LogP contribution >= 0.6 is 0 Å². The van der Waals surface area contributed by atoms with Crippen LogP contribution in [0.15, 0.2) is 0 Å². The van der Waals surface area contributed by atoms with E-state index >= 15 is 0 Å². The van der Waals surface area contributed by atoms with Gasteiger partial charge in [-0.2, -0.15) is 0 Å². The van der Waals surface area contributed by atoms with Gasteiger partial charge >= 0.3 is 5.97 Å². The van der Waals surface area contributed by atoms with Crippen LogP contribution in [-0.2, 0) is 28.6 Å². The highest BCUT2D eigenvalue weighted by molar-refractivity contribution is 5.66. The number of rotatable bonds is 3. The highest BCUT2D eigenvalue weighted by atomic mass is 16.5. The van der Waals surface area contributed by atoms with E-state index in [-0.39, 0.29) is 29.6 Å². The monoisotopic (exact) mass is 929 g/mol. The molecule has 12 aliphatic rings. The second-order valence-electron chi connectivity index (χ2n) is 27.7. The Morgan fingerprint density at radius 1 is 0.552 bits per heavy atom. The van der Waals surface area contributed by atoms with Crippen molar-refractivity contribution in [1.29, 1.82) is 0 Å². The van der Waals surface area contributed by atoms with Gasteiger partial charge in [0.15, 0.2) is 0 Å². The van der Waals surface area contributed by atoms with E-state index in [0.717, 1.165) is 112 Å². The predicted molar refractivity (Wildman–Crippen MR) is 259 cm³/mol. The van der Waals surface area contributed by atoms with E-state index in [9.17, 15) is 19.5 Å². The van der Waals surface area contributed by atoms with Gasteiger partial charge < -0.3 is 29.1 Å². The average molecular weight is 929 g/mol. The first kappa shape index (κ1) is 47.6. The lowest BCUT2D eigenvalue weighted by atomic mass is 9.44. The first-order valence-electron chi connectivity index (χ1n) is 28.5. The smallest absolute Gasteiger partial charge is 0.302 e. The second kappa shape index (κ2) is 16.7. The molecule has 10 unspecified atom stereocenters. The number of carbonyl (C=O) groups excluding carboxylic acids is 3. The molecular weight excluding hydrogens is 837 g/mol. The molecule has 67 heavy (non-hydrogen) atoms. The summed E-state index contributed by atoms with van der Waals surface area (Å²) in [7, 11) is 0. The molecule has 2 amide bonds. The lowest BCUT2D eigenvalue weighted by Gasteiger charge is -2.61. The summed E-state index contributed by atoms with van der Waals surface area (Å²) >= 11 is 0. The van der Waals surface area contributed by atoms with Crippen molar-refractivity contribution in [2.24, 2.45) is 105 Å². The molecular formula is C58H92N2O7. The minimum atomic E-state index is -0.368. The Labute approximate surface area is 405 Å². The molecule has 376 valence electrons. The van der Waals surface area contributed by atoms with Gasteiger partial charge in [-0.25, -0.2) is 0 Å². The summed E-state index contributed by atoms with van der Waals surface area (Å²) in [6, 6.07) is 0. The lowest BCUT2D eigenvalue weighted by molar-refractivity contribution is -0.195. The number of hydrogen-bond acceptors (Lipinski definition) is 7. The van der Waals surface area contributed by atoms with Crippen molar-refractivity contribution in [3.05, 3.63) is 0 Å². The zero-order valence-electron chi connectivity index (χ0n) is 43.4. The Morgan fingerprint density at radius 3 is 1.46 bits per heavy atom. The maximum atomic E-state index is 12.2. The number of esters is 1. The molecule has 12 fully saturated rings. The zero-order valence-corrected chi connectivity index (χ0v) is 43.4. The van der Waals surface area contributed by atoms with Gasteiger partial charge in [0.25, 0.3) is 0 Å². The van der Waals surface area contributed by atoms with E-state index in [1.165, 1.54) is 83.5 Å². The van der Waals surface area contributed by atoms with Gasteiger partial charge in [0.2, 0.25) is 12.8 Å². The number of carbonyl (C=O) groups is 3. The van der Waals surface area contributed by atoms with E-state index in [0.29, 0.717) is 75.3 Å². The molecule has 8 saturated carbocycles. The molecule has 0 aromatic heterocycles. The van der Waals surface area contributed by atoms with Crippen LogP contribution in [0.5, 0.6) is 0 Å². The van der Waals surface area contributed by atoms with Gasteiger partial charge in [-0.15, -0.1) is 0 Å². The van der Waals surface area contributed by atoms with E-state index in [2.05, 4.69) is 55.4 Å². The van der Waals surface area contributed by atoms with Crippen molar-refractivity contribution in [3.63, 3.8) is 0 Å². The van der Waals surface area contributed by atoms with Crippen LogP contribution in [0, 0.1) is 105 Å². The van der Waals surface area contributed by atoms with Crippen LogP contribution in [-0.4, -0.2) is 82.7 Å². The third-order valence-electron chi connectivity index (χ3n) is 25.2. The van der Waals surface area contributed by atoms with Crippen LogP contribution in [0.4, 0.5) is 0 Å². The summed E-state index contributed by atoms with van der Waals surface area (Å²) in [4.78, 5) is 39.9. The fraction of sp³-hybridized carbons (Fsp3) is 0.948. The molecule has 9 nitrogen and oxygen atoms in total. The van der Waals surface area contributed by atoms with Crippen LogP contribution in [0.25, 0.3) is 0 Å². The number of likely N-dealkylation sites (tertiary alicyclic amines) is 2. The highest BCUT2D eigenvalue weighted by Crippen LogP contribution is 2.73. The fourth-order valence-electron chi connectivity index (χ4n) is 22.0. The normalized spacial score (nSPS) is 57.0. The Morgan fingerprint density at radius 2 is 1.00 bits per heavy atom. The Kier molecular flexibility index (Phi) is 11.8. The van der Waals surface area contributed by atoms with Crippen molar-refractivity contribution >= 4 is 18.8 Å². The predicted octanol–water partition coefficient (Wildman–Crippen LogP) is 11.0. The van der Waals surface area contributed by atoms with Gasteiger partial charge in [0.05, 0.1) is 18.3 Å². The largest absolute Gasteiger partial charge is 0.463 e. The maximum Gasteiger partial charge on any atom is 0.302 e. The summed E-state index contributed by atoms with van der Waals surface area (Å²) in [6.07, 6.45) is 26.8. The molecule has 4 heterocycles. The number of fused-ring (bicyclic) bond motifs is 14. The molecule has 9 heteroatoms. The summed E-state index contributed by atoms with van der Waals surface area (Å²) in [6.45, 7) is 23.0. The Balaban J connectivity index is 0.000000148. The van der Waals surface area contributed by atoms with Crippen molar-refractivity contribution in [2.45, 2.75) is 227 Å². The molecule has 1 N–H and O–H groups in total. The molecule has 0 bridgehead atoms. The number of piperidine rings is 2. The van der Waals surface area contributed by atoms with Crippen LogP contribution < -0.4 is 0 Å². The second-order valence-corrected chi connectivity index (χ2v) is 27.7. The molecule has 4 saturated heterocycles. The number of nitrogens with zero attached hydrogens (tertiary/aromatic N) is 2. The molecule has 0 aromatic rings. The molecule has 8 aliphatic carbocycles. The highest BCUT2D eigenvalue weighted by Gasteiger charge is 2.72. The van der Waals surface area contributed by atoms with Crippen LogP contribution in [0.2, 0.25) is 0 Å². The summed E-state index contributed by atoms with van der Waals surface area (Å²) in [5, 5.41) is 10.3. The van der Waals surface area contributed by atoms with E-state index in [1.54, 1.807) is 6.92 Å². The third kappa shape index (κ3) is 6.89. The van der Waals surface area contributed by atoms with E-state index in [1.807, 2.05) is 9.80 Å². The standard InChI is InChI=1S/C30H47NO4.C28H45NO3/c1-18-8-13-30(31(16-18)17-32)19(2)27-26(35-30)15-25-23-7-6-21-14-22(34-20(3)33)9-11-28(21,4)24(23)10-12-29(25,27)5;1-17-7-12-28(29(15-17)16-30)18(2)25-24(32-28)14-23-21-6-5-19-13-20(31)8-10-26(19,3)22(21)9-11-27(23,25)4/h17-19,21-27H,6-16H2,1-5H3;16-25,31H,5-15H2,1-4H3/t18-,19-,21?,22+,23+,24?,25?,26?,27?,28-,29-,30-;17-,18-,19?,20-,21+,22?,23?,24?,25?,26-,27-,28-/m00/s1. The summed E-state index contributed by atoms with van der Waals surface area (Å²) in [5.41, 5.74) is 0.780. The summed E-state index contributed by atoms with van der Waals surface area (Å²) < 4.78 is 19.7. The van der Waals surface area contributed by atoms with Crippen molar-refractivity contribution < 1.29 is 33.7 Å². The van der Waals surface area contributed by atoms with Gasteiger partial charge in [0, 0.05) is 31.8 Å². The molecule has 12 rings (SSSR count). The zero-order chi connectivity index (χ0) is 47.2. The Hall–Kier alpha value is -1.71. The molecule has 24 atom stereocenters. The first-order valence-corrected chi connectivity index (χ1v) is 28.5. The number of aliphatic hydroxyl groups is 1. The van der Waals surface area contributed by atoms with Gasteiger partial charge in [0.1, 0.15) is 17.6 Å². The van der Waals surface area contributed by atoms with Gasteiger partial charge in [-0.05, 0) is 221 Å². The average Bonchev–Trinajstić information content (AvgIpc) is 3.96. The van der Waals surface area contributed by atoms with E-state index in [4.69, 9.17) is 14.2 Å². The number of amides is 2. The number of hydrogen-bond donors (Lipinski definition) is 1. The fourth-order valence-corrected chi connectivity index (χ4v) is 22.0. The van der Waals surface area contributed by atoms with Gasteiger partial charge in [-0.3, -0.25) is 14.4 Å². The van der Waals surface area contributed by atoms with Gasteiger partial charge in [-0.1, -0.05) is 55.4 Å². The molecule has 2 spiro atoms. The van der Waals surface area contributed by atoms with E-state index < -0.39 is 0 Å². The lowest BCUT2D eigenvalue weighted by Crippen LogP contribution is -2.59. The molecule has 4 aliphatic heterocycles. The topological polar surface area (TPSA) is 106 Å². The first-order chi connectivity index (χ1) is 31.8. The number of ether oxygens (including phenoxy) is 3. The van der Waals surface area contributed by atoms with Crippen molar-refractivity contribution in [1.82, 2.24) is 9.80 Å². The van der Waals surface area contributed by atoms with Crippen LogP contribution in [0.3, 0.4) is 0 Å². The van der Waals surface area contributed by atoms with Crippen molar-refractivity contribution in [3.8, 4) is 0 Å².